The highest BCUT2D eigenvalue weighted by Gasteiger charge is 2.29. The molecule has 0 saturated carbocycles. The third-order valence-electron chi connectivity index (χ3n) is 4.55. The van der Waals surface area contributed by atoms with Crippen molar-refractivity contribution in [3.8, 4) is 0 Å². The highest BCUT2D eigenvalue weighted by Crippen LogP contribution is 2.39. The molecule has 130 valence electrons. The average Bonchev–Trinajstić information content (AvgIpc) is 2.56. The Bertz CT molecular complexity index is 684. The molecule has 0 spiro atoms. The number of ketones is 1. The number of allylic oxidation sites excluding steroid dienone is 2. The van der Waals surface area contributed by atoms with Crippen molar-refractivity contribution in [2.75, 3.05) is 12.3 Å². The number of hydrogen-bond donors (Lipinski definition) is 1. The Morgan fingerprint density at radius 1 is 1.54 bits per heavy atom. The Kier molecular flexibility index (Phi) is 6.05. The van der Waals surface area contributed by atoms with Crippen LogP contribution in [0.5, 0.6) is 0 Å². The second kappa shape index (κ2) is 7.84. The molecule has 0 amide bonds. The van der Waals surface area contributed by atoms with Crippen LogP contribution >= 0.6 is 11.6 Å². The number of halogens is 2. The summed E-state index contributed by atoms with van der Waals surface area (Å²) in [5.41, 5.74) is 8.10. The van der Waals surface area contributed by atoms with Crippen LogP contribution in [0.1, 0.15) is 51.0 Å². The predicted molar refractivity (Wildman–Crippen MR) is 97.3 cm³/mol. The topological polar surface area (TPSA) is 46.3 Å². The quantitative estimate of drug-likeness (QED) is 0.598. The van der Waals surface area contributed by atoms with Gasteiger partial charge in [0.25, 0.3) is 0 Å². The van der Waals surface area contributed by atoms with Gasteiger partial charge in [0, 0.05) is 34.3 Å². The SMILES string of the molecule is C=CN1CC(c2c(Cl)ccc(N)c2F)CC/C1=C(/CCC)C(C)=O. The van der Waals surface area contributed by atoms with E-state index in [0.717, 1.165) is 30.5 Å². The monoisotopic (exact) mass is 350 g/mol. The second-order valence-corrected chi connectivity index (χ2v) is 6.57. The molecule has 0 bridgehead atoms. The minimum Gasteiger partial charge on any atom is -0.396 e. The third-order valence-corrected chi connectivity index (χ3v) is 4.88. The summed E-state index contributed by atoms with van der Waals surface area (Å²) in [4.78, 5) is 13.9. The maximum absolute atomic E-state index is 14.5. The minimum absolute atomic E-state index is 0.0856. The van der Waals surface area contributed by atoms with Crippen molar-refractivity contribution in [2.45, 2.75) is 45.4 Å². The first-order valence-corrected chi connectivity index (χ1v) is 8.64. The Balaban J connectivity index is 2.37. The second-order valence-electron chi connectivity index (χ2n) is 6.17. The molecule has 1 saturated heterocycles. The summed E-state index contributed by atoms with van der Waals surface area (Å²) < 4.78 is 14.5. The molecule has 0 aliphatic carbocycles. The van der Waals surface area contributed by atoms with Gasteiger partial charge in [0.05, 0.1) is 5.69 Å². The van der Waals surface area contributed by atoms with E-state index < -0.39 is 5.82 Å². The smallest absolute Gasteiger partial charge is 0.157 e. The van der Waals surface area contributed by atoms with E-state index >= 15 is 0 Å². The van der Waals surface area contributed by atoms with Crippen LogP contribution in [0.2, 0.25) is 5.02 Å². The number of rotatable bonds is 5. The minimum atomic E-state index is -0.440. The lowest BCUT2D eigenvalue weighted by atomic mass is 9.86. The van der Waals surface area contributed by atoms with Gasteiger partial charge < -0.3 is 10.6 Å². The summed E-state index contributed by atoms with van der Waals surface area (Å²) in [7, 11) is 0. The van der Waals surface area contributed by atoms with Crippen molar-refractivity contribution < 1.29 is 9.18 Å². The molecule has 1 unspecified atom stereocenters. The van der Waals surface area contributed by atoms with Crippen LogP contribution in [0, 0.1) is 5.82 Å². The number of anilines is 1. The van der Waals surface area contributed by atoms with Gasteiger partial charge >= 0.3 is 0 Å². The lowest BCUT2D eigenvalue weighted by Gasteiger charge is -2.36. The van der Waals surface area contributed by atoms with Gasteiger partial charge in [-0.3, -0.25) is 4.79 Å². The lowest BCUT2D eigenvalue weighted by Crippen LogP contribution is -2.31. The molecule has 1 aliphatic rings. The predicted octanol–water partition coefficient (Wildman–Crippen LogP) is 5.03. The highest BCUT2D eigenvalue weighted by atomic mass is 35.5. The molecule has 3 nitrogen and oxygen atoms in total. The van der Waals surface area contributed by atoms with Crippen LogP contribution in [0.15, 0.2) is 36.2 Å². The summed E-state index contributed by atoms with van der Waals surface area (Å²) >= 11 is 6.22. The van der Waals surface area contributed by atoms with Gasteiger partial charge in [0.2, 0.25) is 0 Å². The van der Waals surface area contributed by atoms with E-state index in [2.05, 4.69) is 13.5 Å². The number of nitrogens with two attached hydrogens (primary N) is 1. The molecule has 1 atom stereocenters. The molecule has 1 aromatic carbocycles. The summed E-state index contributed by atoms with van der Waals surface area (Å²) in [6.07, 6.45) is 4.77. The summed E-state index contributed by atoms with van der Waals surface area (Å²) in [5.74, 6) is -0.438. The standard InChI is InChI=1S/C19H24ClFN2O/c1-4-6-14(12(3)24)17-10-7-13(11-23(17)5-2)18-15(20)8-9-16(22)19(18)21/h5,8-9,13H,2,4,6-7,10-11,22H2,1,3H3/b17-14+. The molecule has 0 radical (unpaired) electrons. The number of Topliss-reactive ketones (excluding diaryl/α,β-unsaturated/α-hetero) is 1. The molecule has 1 aromatic rings. The summed E-state index contributed by atoms with van der Waals surface area (Å²) in [5, 5.41) is 0.392. The largest absolute Gasteiger partial charge is 0.396 e. The van der Waals surface area contributed by atoms with E-state index in [-0.39, 0.29) is 17.4 Å². The number of piperidine rings is 1. The van der Waals surface area contributed by atoms with Crippen molar-refractivity contribution in [3.05, 3.63) is 52.6 Å². The molecular formula is C19H24ClFN2O. The van der Waals surface area contributed by atoms with E-state index in [9.17, 15) is 9.18 Å². The van der Waals surface area contributed by atoms with Crippen molar-refractivity contribution >= 4 is 23.1 Å². The Labute approximate surface area is 148 Å². The van der Waals surface area contributed by atoms with Gasteiger partial charge in [-0.15, -0.1) is 0 Å². The molecule has 24 heavy (non-hydrogen) atoms. The van der Waals surface area contributed by atoms with Crippen LogP contribution < -0.4 is 5.73 Å². The number of nitrogen functional groups attached to an aromatic ring is 1. The number of hydrogen-bond acceptors (Lipinski definition) is 3. The molecule has 1 aliphatic heterocycles. The van der Waals surface area contributed by atoms with E-state index in [4.69, 9.17) is 17.3 Å². The van der Waals surface area contributed by atoms with Gasteiger partial charge in [-0.25, -0.2) is 4.39 Å². The first kappa shape index (κ1) is 18.5. The fourth-order valence-electron chi connectivity index (χ4n) is 3.37. The number of benzene rings is 1. The van der Waals surface area contributed by atoms with Crippen LogP contribution in [0.25, 0.3) is 0 Å². The molecule has 2 N–H and O–H groups in total. The fourth-order valence-corrected chi connectivity index (χ4v) is 3.67. The fraction of sp³-hybridized carbons (Fsp3) is 0.421. The zero-order chi connectivity index (χ0) is 17.9. The molecule has 2 rings (SSSR count). The maximum Gasteiger partial charge on any atom is 0.157 e. The highest BCUT2D eigenvalue weighted by molar-refractivity contribution is 6.31. The number of carbonyl (C=O) groups excluding carboxylic acids is 1. The summed E-state index contributed by atoms with van der Waals surface area (Å²) in [6.45, 7) is 8.04. The van der Waals surface area contributed by atoms with Gasteiger partial charge in [-0.05, 0) is 44.5 Å². The van der Waals surface area contributed by atoms with Gasteiger partial charge in [-0.1, -0.05) is 31.5 Å². The van der Waals surface area contributed by atoms with Gasteiger partial charge in [0.15, 0.2) is 11.6 Å². The first-order valence-electron chi connectivity index (χ1n) is 8.26. The Hall–Kier alpha value is -1.81. The Morgan fingerprint density at radius 2 is 2.25 bits per heavy atom. The van der Waals surface area contributed by atoms with E-state index in [0.29, 0.717) is 23.6 Å². The van der Waals surface area contributed by atoms with Crippen molar-refractivity contribution in [3.63, 3.8) is 0 Å². The summed E-state index contributed by atoms with van der Waals surface area (Å²) in [6, 6.07) is 3.12. The van der Waals surface area contributed by atoms with Crippen LogP contribution in [0.3, 0.4) is 0 Å². The average molecular weight is 351 g/mol. The first-order chi connectivity index (χ1) is 11.4. The zero-order valence-corrected chi connectivity index (χ0v) is 15.0. The number of likely N-dealkylation sites (tertiary alicyclic amines) is 1. The number of nitrogens with zero attached hydrogens (tertiary/aromatic N) is 1. The Morgan fingerprint density at radius 3 is 2.83 bits per heavy atom. The van der Waals surface area contributed by atoms with Crippen molar-refractivity contribution in [2.24, 2.45) is 0 Å². The van der Waals surface area contributed by atoms with Gasteiger partial charge in [0.1, 0.15) is 0 Å². The molecule has 5 heteroatoms. The normalized spacial score (nSPS) is 20.0. The van der Waals surface area contributed by atoms with Crippen molar-refractivity contribution in [1.29, 1.82) is 0 Å². The van der Waals surface area contributed by atoms with Crippen molar-refractivity contribution in [1.82, 2.24) is 4.90 Å². The molecule has 1 heterocycles. The molecule has 1 fully saturated rings. The van der Waals surface area contributed by atoms with Crippen LogP contribution in [-0.2, 0) is 4.79 Å². The van der Waals surface area contributed by atoms with Gasteiger partial charge in [-0.2, -0.15) is 0 Å². The lowest BCUT2D eigenvalue weighted by molar-refractivity contribution is -0.113. The van der Waals surface area contributed by atoms with E-state index in [1.807, 2.05) is 4.90 Å². The third kappa shape index (κ3) is 3.64. The number of carbonyl (C=O) groups is 1. The molecule has 0 aromatic heterocycles. The van der Waals surface area contributed by atoms with E-state index in [1.165, 1.54) is 6.07 Å². The zero-order valence-electron chi connectivity index (χ0n) is 14.2. The van der Waals surface area contributed by atoms with Crippen LogP contribution in [0.4, 0.5) is 10.1 Å². The van der Waals surface area contributed by atoms with E-state index in [1.54, 1.807) is 19.2 Å². The molecular weight excluding hydrogens is 327 g/mol. The van der Waals surface area contributed by atoms with Crippen LogP contribution in [-0.4, -0.2) is 17.2 Å². The maximum atomic E-state index is 14.5.